The number of fused-ring (bicyclic) bond motifs is 5. The number of aromatic nitrogens is 2. The van der Waals surface area contributed by atoms with E-state index in [1.165, 1.54) is 6.42 Å². The summed E-state index contributed by atoms with van der Waals surface area (Å²) in [5, 5.41) is 6.51. The van der Waals surface area contributed by atoms with E-state index in [-0.39, 0.29) is 23.3 Å². The van der Waals surface area contributed by atoms with Gasteiger partial charge in [-0.1, -0.05) is 18.0 Å². The molecule has 1 unspecified atom stereocenters. The SMILES string of the molecule is O=C1Cc2cnc(Nc3ccc(S(=O)(=O)N[C@@H]4CC5CC[C@H]4C5)cc3)nc2-c2ccc(Cl)cc2N1. The highest BCUT2D eigenvalue weighted by Crippen LogP contribution is 2.45. The third-order valence-corrected chi connectivity index (χ3v) is 8.93. The molecule has 1 aromatic heterocycles. The van der Waals surface area contributed by atoms with E-state index in [2.05, 4.69) is 25.3 Å². The largest absolute Gasteiger partial charge is 0.325 e. The summed E-state index contributed by atoms with van der Waals surface area (Å²) in [4.78, 5) is 21.5. The number of amides is 1. The second-order valence-electron chi connectivity index (χ2n) is 9.53. The lowest BCUT2D eigenvalue weighted by Gasteiger charge is -2.22. The highest BCUT2D eigenvalue weighted by molar-refractivity contribution is 7.89. The quantitative estimate of drug-likeness (QED) is 0.466. The van der Waals surface area contributed by atoms with Crippen molar-refractivity contribution >= 4 is 44.9 Å². The lowest BCUT2D eigenvalue weighted by atomic mass is 9.96. The molecule has 0 radical (unpaired) electrons. The Morgan fingerprint density at radius 2 is 1.89 bits per heavy atom. The Hall–Kier alpha value is -3.01. The zero-order chi connectivity index (χ0) is 24.2. The Morgan fingerprint density at radius 1 is 1.06 bits per heavy atom. The van der Waals surface area contributed by atoms with Gasteiger partial charge < -0.3 is 10.6 Å². The van der Waals surface area contributed by atoms with Crippen LogP contribution in [0.1, 0.15) is 31.2 Å². The second-order valence-corrected chi connectivity index (χ2v) is 11.7. The Labute approximate surface area is 208 Å². The number of nitrogens with zero attached hydrogens (tertiary/aromatic N) is 2. The van der Waals surface area contributed by atoms with E-state index in [4.69, 9.17) is 11.6 Å². The minimum atomic E-state index is -3.57. The van der Waals surface area contributed by atoms with Crippen LogP contribution >= 0.6 is 11.6 Å². The van der Waals surface area contributed by atoms with Crippen molar-refractivity contribution in [2.24, 2.45) is 11.8 Å². The molecule has 1 amide bonds. The van der Waals surface area contributed by atoms with Gasteiger partial charge in [0.15, 0.2) is 0 Å². The fraction of sp³-hybridized carbons (Fsp3) is 0.320. The monoisotopic (exact) mass is 509 g/mol. The number of sulfonamides is 1. The third kappa shape index (κ3) is 4.39. The first-order valence-corrected chi connectivity index (χ1v) is 13.6. The van der Waals surface area contributed by atoms with Gasteiger partial charge in [-0.15, -0.1) is 0 Å². The third-order valence-electron chi connectivity index (χ3n) is 7.19. The molecule has 2 saturated carbocycles. The fourth-order valence-corrected chi connectivity index (χ4v) is 7.02. The maximum atomic E-state index is 12.9. The summed E-state index contributed by atoms with van der Waals surface area (Å²) >= 11 is 6.11. The lowest BCUT2D eigenvalue weighted by molar-refractivity contribution is -0.115. The van der Waals surface area contributed by atoms with Crippen molar-refractivity contribution in [3.05, 3.63) is 59.2 Å². The number of halogens is 1. The molecule has 35 heavy (non-hydrogen) atoms. The predicted molar refractivity (Wildman–Crippen MR) is 134 cm³/mol. The van der Waals surface area contributed by atoms with E-state index in [1.54, 1.807) is 42.6 Å². The Balaban J connectivity index is 1.22. The number of benzene rings is 2. The molecule has 10 heteroatoms. The van der Waals surface area contributed by atoms with E-state index in [0.717, 1.165) is 24.8 Å². The summed E-state index contributed by atoms with van der Waals surface area (Å²) in [5.41, 5.74) is 3.37. The van der Waals surface area contributed by atoms with Gasteiger partial charge in [0.1, 0.15) is 0 Å². The average molecular weight is 510 g/mol. The predicted octanol–water partition coefficient (Wildman–Crippen LogP) is 4.50. The molecule has 2 bridgehead atoms. The van der Waals surface area contributed by atoms with Gasteiger partial charge in [-0.05, 0) is 73.6 Å². The van der Waals surface area contributed by atoms with Crippen LogP contribution in [0.3, 0.4) is 0 Å². The molecule has 1 aliphatic heterocycles. The van der Waals surface area contributed by atoms with Gasteiger partial charge in [0.25, 0.3) is 0 Å². The van der Waals surface area contributed by atoms with Gasteiger partial charge in [0.05, 0.1) is 22.7 Å². The van der Waals surface area contributed by atoms with Crippen LogP contribution in [0.4, 0.5) is 17.3 Å². The molecule has 2 heterocycles. The normalized spacial score (nSPS) is 22.8. The van der Waals surface area contributed by atoms with Crippen LogP contribution in [0, 0.1) is 11.8 Å². The number of hydrogen-bond donors (Lipinski definition) is 3. The van der Waals surface area contributed by atoms with Gasteiger partial charge in [-0.2, -0.15) is 0 Å². The van der Waals surface area contributed by atoms with Crippen LogP contribution in [0.2, 0.25) is 5.02 Å². The second kappa shape index (κ2) is 8.58. The molecule has 8 nitrogen and oxygen atoms in total. The minimum Gasteiger partial charge on any atom is -0.325 e. The number of carbonyl (C=O) groups is 1. The smallest absolute Gasteiger partial charge is 0.240 e. The van der Waals surface area contributed by atoms with E-state index in [1.807, 2.05) is 6.07 Å². The Kier molecular flexibility index (Phi) is 5.51. The molecule has 3 N–H and O–H groups in total. The van der Waals surface area contributed by atoms with Crippen LogP contribution in [-0.4, -0.2) is 30.3 Å². The summed E-state index contributed by atoms with van der Waals surface area (Å²) in [7, 11) is -3.57. The van der Waals surface area contributed by atoms with Gasteiger partial charge in [0.2, 0.25) is 21.9 Å². The van der Waals surface area contributed by atoms with Crippen LogP contribution in [0.5, 0.6) is 0 Å². The molecule has 0 spiro atoms. The molecular formula is C25H24ClN5O3S. The molecule has 2 aromatic carbocycles. The highest BCUT2D eigenvalue weighted by Gasteiger charge is 2.41. The molecule has 3 aromatic rings. The first kappa shape index (κ1) is 22.5. The maximum absolute atomic E-state index is 12.9. The van der Waals surface area contributed by atoms with Crippen LogP contribution in [0.15, 0.2) is 53.6 Å². The first-order chi connectivity index (χ1) is 16.8. The summed E-state index contributed by atoms with van der Waals surface area (Å²) in [6, 6.07) is 11.9. The zero-order valence-electron chi connectivity index (χ0n) is 18.8. The Morgan fingerprint density at radius 3 is 2.63 bits per heavy atom. The number of carbonyl (C=O) groups excluding carboxylic acids is 1. The summed E-state index contributed by atoms with van der Waals surface area (Å²) in [6.45, 7) is 0. The maximum Gasteiger partial charge on any atom is 0.240 e. The van der Waals surface area contributed by atoms with Gasteiger partial charge in [0, 0.05) is 34.1 Å². The summed E-state index contributed by atoms with van der Waals surface area (Å²) in [5.74, 6) is 1.31. The summed E-state index contributed by atoms with van der Waals surface area (Å²) in [6.07, 6.45) is 6.20. The van der Waals surface area contributed by atoms with E-state index >= 15 is 0 Å². The zero-order valence-corrected chi connectivity index (χ0v) is 20.4. The number of anilines is 3. The number of rotatable bonds is 5. The van der Waals surface area contributed by atoms with Crippen molar-refractivity contribution in [3.8, 4) is 11.3 Å². The van der Waals surface area contributed by atoms with Crippen molar-refractivity contribution < 1.29 is 13.2 Å². The molecule has 2 aliphatic carbocycles. The van der Waals surface area contributed by atoms with E-state index in [9.17, 15) is 13.2 Å². The minimum absolute atomic E-state index is 0.0451. The van der Waals surface area contributed by atoms with Crippen molar-refractivity contribution in [2.75, 3.05) is 10.6 Å². The van der Waals surface area contributed by atoms with E-state index < -0.39 is 10.0 Å². The van der Waals surface area contributed by atoms with Crippen LogP contribution in [-0.2, 0) is 21.2 Å². The lowest BCUT2D eigenvalue weighted by Crippen LogP contribution is -2.38. The number of hydrogen-bond acceptors (Lipinski definition) is 6. The first-order valence-electron chi connectivity index (χ1n) is 11.7. The van der Waals surface area contributed by atoms with Crippen LogP contribution < -0.4 is 15.4 Å². The van der Waals surface area contributed by atoms with Gasteiger partial charge in [-0.3, -0.25) is 4.79 Å². The summed E-state index contributed by atoms with van der Waals surface area (Å²) < 4.78 is 28.7. The van der Waals surface area contributed by atoms with Crippen molar-refractivity contribution in [1.29, 1.82) is 0 Å². The molecule has 0 saturated heterocycles. The van der Waals surface area contributed by atoms with Crippen molar-refractivity contribution in [2.45, 2.75) is 43.0 Å². The standard InChI is InChI=1S/C25H24ClN5O3S/c26-17-3-8-20-22(12-17)29-23(32)11-16-13-27-25(30-24(16)20)28-18-4-6-19(7-5-18)35(33,34)31-21-10-14-1-2-15(21)9-14/h3-8,12-15,21,31H,1-2,9-11H2,(H,29,32)(H,27,28,30)/t14?,15-,21+/m0/s1. The molecule has 3 aliphatic rings. The molecular weight excluding hydrogens is 486 g/mol. The fourth-order valence-electron chi connectivity index (χ4n) is 5.53. The van der Waals surface area contributed by atoms with E-state index in [0.29, 0.717) is 45.4 Å². The highest BCUT2D eigenvalue weighted by atomic mass is 35.5. The van der Waals surface area contributed by atoms with Crippen molar-refractivity contribution in [1.82, 2.24) is 14.7 Å². The molecule has 180 valence electrons. The Bertz CT molecular complexity index is 1430. The molecule has 2 fully saturated rings. The van der Waals surface area contributed by atoms with Crippen molar-refractivity contribution in [3.63, 3.8) is 0 Å². The topological polar surface area (TPSA) is 113 Å². The van der Waals surface area contributed by atoms with Crippen LogP contribution in [0.25, 0.3) is 11.3 Å². The van der Waals surface area contributed by atoms with Gasteiger partial charge in [-0.25, -0.2) is 23.1 Å². The molecule has 3 atom stereocenters. The number of nitrogens with one attached hydrogen (secondary N) is 3. The van der Waals surface area contributed by atoms with Gasteiger partial charge >= 0.3 is 0 Å². The molecule has 6 rings (SSSR count). The average Bonchev–Trinajstić information content (AvgIpc) is 3.40.